The van der Waals surface area contributed by atoms with Crippen LogP contribution in [0.4, 0.5) is 0 Å². The summed E-state index contributed by atoms with van der Waals surface area (Å²) in [6.07, 6.45) is 4.27. The average Bonchev–Trinajstić information content (AvgIpc) is 3.03. The predicted octanol–water partition coefficient (Wildman–Crippen LogP) is 3.48. The average molecular weight is 301 g/mol. The van der Waals surface area contributed by atoms with Crippen LogP contribution in [0.1, 0.15) is 36.7 Å². The largest absolute Gasteiger partial charge is 0.459 e. The maximum Gasteiger partial charge on any atom is 0.287 e. The standard InChI is InChI=1S/C18H23NO3/c1-2-6-14(9-11-20)13-19-18(21)17-16(10-12-22-17)15-7-4-3-5-8-15/h3-5,7-8,10,12,14,20H,2,6,9,11,13H2,1H3,(H,19,21). The SMILES string of the molecule is CCCC(CCO)CNC(=O)c1occc1-c1ccccc1. The van der Waals surface area contributed by atoms with E-state index >= 15 is 0 Å². The van der Waals surface area contributed by atoms with Gasteiger partial charge in [0.25, 0.3) is 5.91 Å². The predicted molar refractivity (Wildman–Crippen MR) is 86.6 cm³/mol. The number of hydrogen-bond donors (Lipinski definition) is 2. The summed E-state index contributed by atoms with van der Waals surface area (Å²) in [5.74, 6) is 0.433. The Bertz CT molecular complexity index is 571. The van der Waals surface area contributed by atoms with Crippen LogP contribution in [0.2, 0.25) is 0 Å². The molecule has 2 N–H and O–H groups in total. The highest BCUT2D eigenvalue weighted by Gasteiger charge is 2.17. The molecule has 4 heteroatoms. The summed E-state index contributed by atoms with van der Waals surface area (Å²) < 4.78 is 5.37. The minimum Gasteiger partial charge on any atom is -0.459 e. The summed E-state index contributed by atoms with van der Waals surface area (Å²) in [7, 11) is 0. The molecule has 0 aliphatic rings. The van der Waals surface area contributed by atoms with Gasteiger partial charge < -0.3 is 14.8 Å². The molecule has 2 rings (SSSR count). The van der Waals surface area contributed by atoms with E-state index in [1.54, 1.807) is 0 Å². The van der Waals surface area contributed by atoms with Crippen molar-refractivity contribution in [2.24, 2.45) is 5.92 Å². The van der Waals surface area contributed by atoms with Gasteiger partial charge in [-0.3, -0.25) is 4.79 Å². The van der Waals surface area contributed by atoms with E-state index in [9.17, 15) is 4.79 Å². The van der Waals surface area contributed by atoms with E-state index in [1.165, 1.54) is 6.26 Å². The number of aliphatic hydroxyl groups excluding tert-OH is 1. The van der Waals surface area contributed by atoms with Gasteiger partial charge in [0.05, 0.1) is 6.26 Å². The molecule has 0 saturated heterocycles. The number of furan rings is 1. The third-order valence-corrected chi connectivity index (χ3v) is 3.74. The van der Waals surface area contributed by atoms with Crippen LogP contribution in [0.15, 0.2) is 47.1 Å². The van der Waals surface area contributed by atoms with Gasteiger partial charge in [-0.25, -0.2) is 0 Å². The molecule has 4 nitrogen and oxygen atoms in total. The van der Waals surface area contributed by atoms with Gasteiger partial charge in [-0.05, 0) is 30.4 Å². The van der Waals surface area contributed by atoms with Crippen molar-refractivity contribution in [3.05, 3.63) is 48.4 Å². The summed E-state index contributed by atoms with van der Waals surface area (Å²) in [6, 6.07) is 11.5. The molecule has 0 radical (unpaired) electrons. The second-order valence-electron chi connectivity index (χ2n) is 5.41. The molecule has 1 aromatic carbocycles. The lowest BCUT2D eigenvalue weighted by atomic mass is 10.00. The summed E-state index contributed by atoms with van der Waals surface area (Å²) in [6.45, 7) is 2.81. The Balaban J connectivity index is 2.03. The summed E-state index contributed by atoms with van der Waals surface area (Å²) in [5, 5.41) is 12.0. The van der Waals surface area contributed by atoms with E-state index in [2.05, 4.69) is 12.2 Å². The van der Waals surface area contributed by atoms with E-state index < -0.39 is 0 Å². The fraction of sp³-hybridized carbons (Fsp3) is 0.389. The smallest absolute Gasteiger partial charge is 0.287 e. The van der Waals surface area contributed by atoms with Gasteiger partial charge in [0, 0.05) is 18.7 Å². The first kappa shape index (κ1) is 16.3. The molecule has 0 fully saturated rings. The van der Waals surface area contributed by atoms with Crippen molar-refractivity contribution in [3.63, 3.8) is 0 Å². The number of hydrogen-bond acceptors (Lipinski definition) is 3. The maximum atomic E-state index is 12.3. The minimum absolute atomic E-state index is 0.149. The molecular formula is C18H23NO3. The fourth-order valence-electron chi connectivity index (χ4n) is 2.59. The summed E-state index contributed by atoms with van der Waals surface area (Å²) in [4.78, 5) is 12.3. The molecule has 118 valence electrons. The van der Waals surface area contributed by atoms with Crippen LogP contribution >= 0.6 is 0 Å². The Morgan fingerprint density at radius 2 is 2.00 bits per heavy atom. The highest BCUT2D eigenvalue weighted by molar-refractivity contribution is 5.98. The normalized spacial score (nSPS) is 12.1. The van der Waals surface area contributed by atoms with Gasteiger partial charge in [0.1, 0.15) is 0 Å². The molecule has 0 saturated carbocycles. The van der Waals surface area contributed by atoms with Crippen LogP contribution in [0.25, 0.3) is 11.1 Å². The van der Waals surface area contributed by atoms with Crippen LogP contribution in [0.5, 0.6) is 0 Å². The number of aliphatic hydroxyl groups is 1. The minimum atomic E-state index is -0.206. The number of nitrogens with one attached hydrogen (secondary N) is 1. The summed E-state index contributed by atoms with van der Waals surface area (Å²) in [5.41, 5.74) is 1.76. The molecule has 0 bridgehead atoms. The Kier molecular flexibility index (Phi) is 6.22. The Hall–Kier alpha value is -2.07. The quantitative estimate of drug-likeness (QED) is 0.784. The summed E-state index contributed by atoms with van der Waals surface area (Å²) >= 11 is 0. The van der Waals surface area contributed by atoms with Crippen LogP contribution in [-0.4, -0.2) is 24.2 Å². The fourth-order valence-corrected chi connectivity index (χ4v) is 2.59. The topological polar surface area (TPSA) is 62.5 Å². The molecule has 1 unspecified atom stereocenters. The molecule has 1 atom stereocenters. The van der Waals surface area contributed by atoms with E-state index in [1.807, 2.05) is 36.4 Å². The highest BCUT2D eigenvalue weighted by Crippen LogP contribution is 2.24. The zero-order valence-electron chi connectivity index (χ0n) is 12.9. The molecule has 1 heterocycles. The maximum absolute atomic E-state index is 12.3. The first-order valence-corrected chi connectivity index (χ1v) is 7.78. The molecule has 0 aliphatic heterocycles. The van der Waals surface area contributed by atoms with Crippen molar-refractivity contribution in [1.29, 1.82) is 0 Å². The van der Waals surface area contributed by atoms with Crippen LogP contribution in [0, 0.1) is 5.92 Å². The van der Waals surface area contributed by atoms with Crippen LogP contribution in [-0.2, 0) is 0 Å². The molecule has 0 spiro atoms. The Morgan fingerprint density at radius 3 is 2.68 bits per heavy atom. The van der Waals surface area contributed by atoms with Crippen molar-refractivity contribution in [2.75, 3.05) is 13.2 Å². The molecule has 0 aliphatic carbocycles. The number of carbonyl (C=O) groups excluding carboxylic acids is 1. The monoisotopic (exact) mass is 301 g/mol. The van der Waals surface area contributed by atoms with Gasteiger partial charge in [-0.1, -0.05) is 43.7 Å². The van der Waals surface area contributed by atoms with E-state index in [0.717, 1.165) is 24.0 Å². The Labute approximate surface area is 131 Å². The van der Waals surface area contributed by atoms with Gasteiger partial charge >= 0.3 is 0 Å². The van der Waals surface area contributed by atoms with Gasteiger partial charge in [0.15, 0.2) is 5.76 Å². The van der Waals surface area contributed by atoms with Crippen molar-refractivity contribution in [1.82, 2.24) is 5.32 Å². The van der Waals surface area contributed by atoms with Crippen molar-refractivity contribution < 1.29 is 14.3 Å². The third kappa shape index (κ3) is 4.21. The second-order valence-corrected chi connectivity index (χ2v) is 5.41. The second kappa shape index (κ2) is 8.39. The third-order valence-electron chi connectivity index (χ3n) is 3.74. The first-order valence-electron chi connectivity index (χ1n) is 7.78. The number of amides is 1. The molecule has 1 amide bonds. The van der Waals surface area contributed by atoms with Crippen molar-refractivity contribution >= 4 is 5.91 Å². The number of benzene rings is 1. The van der Waals surface area contributed by atoms with E-state index in [4.69, 9.17) is 9.52 Å². The molecule has 1 aromatic heterocycles. The van der Waals surface area contributed by atoms with Gasteiger partial charge in [-0.15, -0.1) is 0 Å². The van der Waals surface area contributed by atoms with Gasteiger partial charge in [0.2, 0.25) is 0 Å². The number of rotatable bonds is 8. The van der Waals surface area contributed by atoms with E-state index in [-0.39, 0.29) is 12.5 Å². The molecular weight excluding hydrogens is 278 g/mol. The number of carbonyl (C=O) groups is 1. The van der Waals surface area contributed by atoms with E-state index in [0.29, 0.717) is 24.6 Å². The van der Waals surface area contributed by atoms with Crippen LogP contribution < -0.4 is 5.32 Å². The molecule has 2 aromatic rings. The highest BCUT2D eigenvalue weighted by atomic mass is 16.3. The molecule has 22 heavy (non-hydrogen) atoms. The lowest BCUT2D eigenvalue weighted by molar-refractivity contribution is 0.0916. The Morgan fingerprint density at radius 1 is 1.23 bits per heavy atom. The lowest BCUT2D eigenvalue weighted by Crippen LogP contribution is -2.29. The van der Waals surface area contributed by atoms with Crippen molar-refractivity contribution in [2.45, 2.75) is 26.2 Å². The zero-order valence-corrected chi connectivity index (χ0v) is 12.9. The van der Waals surface area contributed by atoms with Crippen molar-refractivity contribution in [3.8, 4) is 11.1 Å². The van der Waals surface area contributed by atoms with Crippen LogP contribution in [0.3, 0.4) is 0 Å². The lowest BCUT2D eigenvalue weighted by Gasteiger charge is -2.15. The van der Waals surface area contributed by atoms with Gasteiger partial charge in [-0.2, -0.15) is 0 Å². The zero-order chi connectivity index (χ0) is 15.8. The first-order chi connectivity index (χ1) is 10.8.